The molecular formula is C39H38N6O3S. The average molecular weight is 671 g/mol. The zero-order valence-corrected chi connectivity index (χ0v) is 28.3. The van der Waals surface area contributed by atoms with Crippen molar-refractivity contribution in [1.82, 2.24) is 14.9 Å². The van der Waals surface area contributed by atoms with Crippen LogP contribution in [-0.2, 0) is 22.4 Å². The summed E-state index contributed by atoms with van der Waals surface area (Å²) in [5.41, 5.74) is 5.45. The van der Waals surface area contributed by atoms with Crippen molar-refractivity contribution < 1.29 is 14.3 Å². The molecule has 10 heteroatoms. The number of nitrogens with one attached hydrogen (secondary N) is 1. The minimum atomic E-state index is -1.25. The Bertz CT molecular complexity index is 1960. The second-order valence-corrected chi connectivity index (χ2v) is 13.5. The quantitative estimate of drug-likeness (QED) is 0.169. The van der Waals surface area contributed by atoms with E-state index < -0.39 is 17.8 Å². The molecule has 9 nitrogen and oxygen atoms in total. The van der Waals surface area contributed by atoms with Crippen molar-refractivity contribution in [3.05, 3.63) is 118 Å². The van der Waals surface area contributed by atoms with Crippen LogP contribution in [0.25, 0.3) is 11.0 Å². The van der Waals surface area contributed by atoms with Gasteiger partial charge in [-0.1, -0.05) is 72.8 Å². The Hall–Kier alpha value is -5.11. The van der Waals surface area contributed by atoms with Crippen LogP contribution < -0.4 is 10.2 Å². The number of carbonyl (C=O) groups excluding carboxylic acids is 2. The smallest absolute Gasteiger partial charge is 0.341 e. The number of para-hydroxylation sites is 2. The summed E-state index contributed by atoms with van der Waals surface area (Å²) in [7, 11) is 0. The first-order valence-corrected chi connectivity index (χ1v) is 17.7. The summed E-state index contributed by atoms with van der Waals surface area (Å²) in [6.07, 6.45) is 3.63. The average Bonchev–Trinajstić information content (AvgIpc) is 3.51. The van der Waals surface area contributed by atoms with E-state index in [4.69, 9.17) is 14.7 Å². The molecule has 2 aromatic heterocycles. The number of thiophene rings is 1. The zero-order valence-electron chi connectivity index (χ0n) is 27.5. The highest BCUT2D eigenvalue weighted by Gasteiger charge is 2.34. The summed E-state index contributed by atoms with van der Waals surface area (Å²) >= 11 is 1.41. The number of fused-ring (bicyclic) bond motifs is 2. The lowest BCUT2D eigenvalue weighted by atomic mass is 9.95. The van der Waals surface area contributed by atoms with Gasteiger partial charge in [0, 0.05) is 31.1 Å². The van der Waals surface area contributed by atoms with Gasteiger partial charge in [-0.3, -0.25) is 9.69 Å². The Morgan fingerprint density at radius 2 is 1.49 bits per heavy atom. The minimum Gasteiger partial charge on any atom is -0.462 e. The molecule has 49 heavy (non-hydrogen) atoms. The molecule has 1 fully saturated rings. The van der Waals surface area contributed by atoms with Gasteiger partial charge in [0.1, 0.15) is 10.7 Å². The van der Waals surface area contributed by atoms with Gasteiger partial charge in [0.2, 0.25) is 5.91 Å². The van der Waals surface area contributed by atoms with Crippen LogP contribution in [0.5, 0.6) is 0 Å². The van der Waals surface area contributed by atoms with Crippen LogP contribution in [0.1, 0.15) is 69.3 Å². The molecule has 5 aromatic rings. The van der Waals surface area contributed by atoms with Gasteiger partial charge < -0.3 is 15.0 Å². The van der Waals surface area contributed by atoms with Crippen molar-refractivity contribution >= 4 is 45.1 Å². The van der Waals surface area contributed by atoms with E-state index in [9.17, 15) is 14.9 Å². The van der Waals surface area contributed by atoms with Crippen molar-refractivity contribution in [2.45, 2.75) is 44.6 Å². The van der Waals surface area contributed by atoms with Crippen LogP contribution in [0.4, 0.5) is 10.8 Å². The van der Waals surface area contributed by atoms with E-state index in [0.29, 0.717) is 46.2 Å². The summed E-state index contributed by atoms with van der Waals surface area (Å²) in [5, 5.41) is 13.9. The number of amides is 1. The van der Waals surface area contributed by atoms with E-state index in [1.807, 2.05) is 36.4 Å². The third-order valence-corrected chi connectivity index (χ3v) is 10.5. The number of hydrogen-bond acceptors (Lipinski definition) is 9. The number of aromatic nitrogens is 2. The Morgan fingerprint density at radius 3 is 2.12 bits per heavy atom. The number of carbonyl (C=O) groups is 2. The molecule has 1 saturated heterocycles. The zero-order chi connectivity index (χ0) is 33.7. The molecule has 0 spiro atoms. The number of nitrogens with zero attached hydrogens (tertiary/aromatic N) is 5. The monoisotopic (exact) mass is 670 g/mol. The number of anilines is 2. The molecule has 0 bridgehead atoms. The molecule has 1 aliphatic carbocycles. The van der Waals surface area contributed by atoms with Crippen LogP contribution in [0.2, 0.25) is 0 Å². The van der Waals surface area contributed by atoms with Crippen LogP contribution in [-0.4, -0.2) is 59.5 Å². The lowest BCUT2D eigenvalue weighted by molar-refractivity contribution is -0.116. The molecule has 1 amide bonds. The maximum Gasteiger partial charge on any atom is 0.341 e. The number of hydrogen-bond donors (Lipinski definition) is 1. The molecule has 1 aliphatic heterocycles. The maximum atomic E-state index is 14.0. The number of benzene rings is 3. The van der Waals surface area contributed by atoms with Gasteiger partial charge in [-0.05, 0) is 61.4 Å². The van der Waals surface area contributed by atoms with Gasteiger partial charge in [-0.2, -0.15) is 5.26 Å². The topological polar surface area (TPSA) is 111 Å². The maximum absolute atomic E-state index is 14.0. The summed E-state index contributed by atoms with van der Waals surface area (Å²) in [6, 6.07) is 30.9. The third-order valence-electron chi connectivity index (χ3n) is 9.34. The predicted octanol–water partition coefficient (Wildman–Crippen LogP) is 6.90. The standard InChI is InChI=1S/C39H38N6O3S/c1-2-48-39(47)33-28-17-9-12-20-32(28)49-38(33)43-37(46)29(25-40)34-36(42-31-19-11-10-18-30(31)41-34)45-23-21-44(22-24-45)35(26-13-5-3-6-14-26)27-15-7-4-8-16-27/h3-8,10-11,13-16,18-19,29,35H,2,9,12,17,20-24H2,1H3,(H,43,46)/t29-/m1/s1. The van der Waals surface area contributed by atoms with Gasteiger partial charge in [0.25, 0.3) is 0 Å². The van der Waals surface area contributed by atoms with E-state index in [-0.39, 0.29) is 12.6 Å². The molecule has 7 rings (SSSR count). The van der Waals surface area contributed by atoms with E-state index in [1.165, 1.54) is 22.5 Å². The molecule has 1 N–H and O–H groups in total. The fraction of sp³-hybridized carbons (Fsp3) is 0.308. The Balaban J connectivity index is 1.19. The number of esters is 1. The fourth-order valence-electron chi connectivity index (χ4n) is 7.01. The lowest BCUT2D eigenvalue weighted by Gasteiger charge is -2.40. The molecular weight excluding hydrogens is 633 g/mol. The number of nitriles is 1. The van der Waals surface area contributed by atoms with Crippen molar-refractivity contribution in [3.63, 3.8) is 0 Å². The van der Waals surface area contributed by atoms with Gasteiger partial charge in [0.05, 0.1) is 35.3 Å². The van der Waals surface area contributed by atoms with Crippen LogP contribution in [0.15, 0.2) is 84.9 Å². The molecule has 1 atom stereocenters. The normalized spacial score (nSPS) is 15.4. The molecule has 2 aliphatic rings. The molecule has 3 aromatic carbocycles. The highest BCUT2D eigenvalue weighted by molar-refractivity contribution is 7.17. The predicted molar refractivity (Wildman–Crippen MR) is 192 cm³/mol. The SMILES string of the molecule is CCOC(=O)c1c(NC(=O)[C@H](C#N)c2nc3ccccc3nc2N2CCN(C(c3ccccc3)c3ccccc3)CC2)sc2c1CCCC2. The first kappa shape index (κ1) is 32.4. The first-order chi connectivity index (χ1) is 24.1. The molecule has 3 heterocycles. The molecule has 0 saturated carbocycles. The van der Waals surface area contributed by atoms with Crippen molar-refractivity contribution in [2.24, 2.45) is 0 Å². The van der Waals surface area contributed by atoms with Crippen LogP contribution in [0, 0.1) is 11.3 Å². The molecule has 0 radical (unpaired) electrons. The van der Waals surface area contributed by atoms with E-state index >= 15 is 0 Å². The van der Waals surface area contributed by atoms with Gasteiger partial charge in [-0.15, -0.1) is 11.3 Å². The Morgan fingerprint density at radius 1 is 0.878 bits per heavy atom. The van der Waals surface area contributed by atoms with E-state index in [1.54, 1.807) is 6.92 Å². The summed E-state index contributed by atoms with van der Waals surface area (Å²) in [5.74, 6) is -1.70. The number of piperazine rings is 1. The number of rotatable bonds is 9. The number of aryl methyl sites for hydroxylation is 1. The van der Waals surface area contributed by atoms with Crippen molar-refractivity contribution in [3.8, 4) is 6.07 Å². The first-order valence-electron chi connectivity index (χ1n) is 16.9. The van der Waals surface area contributed by atoms with Gasteiger partial charge in [-0.25, -0.2) is 14.8 Å². The Labute approximate surface area is 290 Å². The summed E-state index contributed by atoms with van der Waals surface area (Å²) < 4.78 is 5.39. The molecule has 248 valence electrons. The fourth-order valence-corrected chi connectivity index (χ4v) is 8.29. The summed E-state index contributed by atoms with van der Waals surface area (Å²) in [6.45, 7) is 4.77. The second kappa shape index (κ2) is 14.6. The largest absolute Gasteiger partial charge is 0.462 e. The van der Waals surface area contributed by atoms with Gasteiger partial charge >= 0.3 is 5.97 Å². The third kappa shape index (κ3) is 6.64. The highest BCUT2D eigenvalue weighted by Crippen LogP contribution is 2.40. The minimum absolute atomic E-state index is 0.0922. The highest BCUT2D eigenvalue weighted by atomic mass is 32.1. The molecule has 0 unspecified atom stereocenters. The van der Waals surface area contributed by atoms with E-state index in [0.717, 1.165) is 49.2 Å². The van der Waals surface area contributed by atoms with Crippen molar-refractivity contribution in [1.29, 1.82) is 5.26 Å². The second-order valence-electron chi connectivity index (χ2n) is 12.4. The van der Waals surface area contributed by atoms with Crippen LogP contribution >= 0.6 is 11.3 Å². The summed E-state index contributed by atoms with van der Waals surface area (Å²) in [4.78, 5) is 42.7. The Kier molecular flexibility index (Phi) is 9.64. The number of ether oxygens (including phenoxy) is 1. The van der Waals surface area contributed by atoms with Crippen LogP contribution in [0.3, 0.4) is 0 Å². The lowest BCUT2D eigenvalue weighted by Crippen LogP contribution is -2.48. The van der Waals surface area contributed by atoms with E-state index in [2.05, 4.69) is 69.7 Å². The van der Waals surface area contributed by atoms with Gasteiger partial charge in [0.15, 0.2) is 11.7 Å². The van der Waals surface area contributed by atoms with Crippen molar-refractivity contribution in [2.75, 3.05) is 43.0 Å².